The molecule has 0 aliphatic carbocycles. The van der Waals surface area contributed by atoms with Crippen molar-refractivity contribution < 1.29 is 33.9 Å². The summed E-state index contributed by atoms with van der Waals surface area (Å²) in [6.45, 7) is 1.22. The van der Waals surface area contributed by atoms with Crippen molar-refractivity contribution >= 4 is 31.3 Å². The lowest BCUT2D eigenvalue weighted by Crippen LogP contribution is -2.13. The molecule has 24 heavy (non-hydrogen) atoms. The van der Waals surface area contributed by atoms with Gasteiger partial charge in [0.2, 0.25) is 0 Å². The highest BCUT2D eigenvalue weighted by molar-refractivity contribution is 8.01. The fourth-order valence-corrected chi connectivity index (χ4v) is 3.49. The number of carboxylic acids is 1. The molecule has 0 aromatic carbocycles. The number of aliphatic carboxylic acids is 1. The predicted molar refractivity (Wildman–Crippen MR) is 87.1 cm³/mol. The molecule has 0 unspecified atom stereocenters. The molecule has 9 nitrogen and oxygen atoms in total. The first-order valence-electron chi connectivity index (χ1n) is 6.90. The summed E-state index contributed by atoms with van der Waals surface area (Å²) < 4.78 is 15.3. The Morgan fingerprint density at radius 2 is 2.25 bits per heavy atom. The SMILES string of the molecule is Cc1ncc(COP(=O)(O)O)c(CN=C2CS[C@H](C(=O)O)C2)c1O. The first-order valence-corrected chi connectivity index (χ1v) is 9.48. The number of carbonyl (C=O) groups is 1. The number of aryl methyl sites for hydroxylation is 1. The summed E-state index contributed by atoms with van der Waals surface area (Å²) in [4.78, 5) is 36.8. The van der Waals surface area contributed by atoms with Crippen LogP contribution in [0.5, 0.6) is 5.75 Å². The van der Waals surface area contributed by atoms with Gasteiger partial charge in [0.05, 0.1) is 18.8 Å². The highest BCUT2D eigenvalue weighted by Crippen LogP contribution is 2.38. The van der Waals surface area contributed by atoms with E-state index in [1.807, 2.05) is 0 Å². The fourth-order valence-electron chi connectivity index (χ4n) is 2.13. The molecule has 4 N–H and O–H groups in total. The van der Waals surface area contributed by atoms with Gasteiger partial charge in [-0.05, 0) is 6.92 Å². The second kappa shape index (κ2) is 7.62. The lowest BCUT2D eigenvalue weighted by molar-refractivity contribution is -0.136. The minimum absolute atomic E-state index is 0.0529. The number of aromatic nitrogens is 1. The average Bonchev–Trinajstić information content (AvgIpc) is 2.95. The standard InChI is InChI=1S/C13H17N2O7PS/c1-7-12(16)10(8(3-14-7)5-22-23(19,20)21)4-15-9-2-11(13(17)18)24-6-9/h3,11,16H,2,4-6H2,1H3,(H,17,18)(H2,19,20,21)/t11-/m0/s1. The van der Waals surface area contributed by atoms with E-state index in [9.17, 15) is 14.5 Å². The van der Waals surface area contributed by atoms with Gasteiger partial charge in [0.25, 0.3) is 0 Å². The van der Waals surface area contributed by atoms with Crippen LogP contribution < -0.4 is 0 Å². The largest absolute Gasteiger partial charge is 0.506 e. The van der Waals surface area contributed by atoms with Crippen molar-refractivity contribution in [2.75, 3.05) is 5.75 Å². The summed E-state index contributed by atoms with van der Waals surface area (Å²) in [5.74, 6) is -0.508. The first-order chi connectivity index (χ1) is 11.2. The van der Waals surface area contributed by atoms with Gasteiger partial charge in [0, 0.05) is 35.2 Å². The Morgan fingerprint density at radius 1 is 1.54 bits per heavy atom. The zero-order valence-electron chi connectivity index (χ0n) is 12.7. The number of aliphatic imine (C=N–C) groups is 1. The zero-order valence-corrected chi connectivity index (χ0v) is 14.5. The minimum Gasteiger partial charge on any atom is -0.506 e. The second-order valence-corrected chi connectivity index (χ2v) is 7.61. The van der Waals surface area contributed by atoms with Gasteiger partial charge in [-0.15, -0.1) is 11.8 Å². The van der Waals surface area contributed by atoms with Crippen LogP contribution in [-0.2, 0) is 27.0 Å². The Hall–Kier alpha value is -1.45. The Labute approximate surface area is 142 Å². The normalized spacial score (nSPS) is 19.8. The molecular formula is C13H17N2O7PS. The first kappa shape index (κ1) is 18.9. The van der Waals surface area contributed by atoms with Crippen molar-refractivity contribution in [2.24, 2.45) is 4.99 Å². The maximum atomic E-state index is 10.9. The molecule has 1 atom stereocenters. The van der Waals surface area contributed by atoms with E-state index in [-0.39, 0.29) is 12.3 Å². The number of phosphoric ester groups is 1. The predicted octanol–water partition coefficient (Wildman–Crippen LogP) is 1.24. The molecule has 1 aliphatic rings. The molecule has 11 heteroatoms. The Balaban J connectivity index is 2.18. The third kappa shape index (κ3) is 5.02. The maximum absolute atomic E-state index is 10.9. The van der Waals surface area contributed by atoms with Gasteiger partial charge < -0.3 is 20.0 Å². The highest BCUT2D eigenvalue weighted by atomic mass is 32.2. The van der Waals surface area contributed by atoms with Crippen LogP contribution in [0, 0.1) is 6.92 Å². The van der Waals surface area contributed by atoms with Gasteiger partial charge in [-0.2, -0.15) is 0 Å². The van der Waals surface area contributed by atoms with E-state index >= 15 is 0 Å². The number of phosphoric acid groups is 1. The van der Waals surface area contributed by atoms with Crippen LogP contribution in [0.3, 0.4) is 0 Å². The monoisotopic (exact) mass is 376 g/mol. The summed E-state index contributed by atoms with van der Waals surface area (Å²) >= 11 is 1.29. The summed E-state index contributed by atoms with van der Waals surface area (Å²) in [6.07, 6.45) is 1.70. The molecule has 132 valence electrons. The Bertz CT molecular complexity index is 719. The molecule has 1 fully saturated rings. The van der Waals surface area contributed by atoms with Crippen LogP contribution in [0.15, 0.2) is 11.2 Å². The van der Waals surface area contributed by atoms with Crippen LogP contribution in [0.25, 0.3) is 0 Å². The number of nitrogens with zero attached hydrogens (tertiary/aromatic N) is 2. The van der Waals surface area contributed by atoms with Gasteiger partial charge >= 0.3 is 13.8 Å². The number of thioether (sulfide) groups is 1. The molecule has 1 saturated heterocycles. The van der Waals surface area contributed by atoms with Crippen LogP contribution in [0.2, 0.25) is 0 Å². The molecule has 0 bridgehead atoms. The summed E-state index contributed by atoms with van der Waals surface area (Å²) in [6, 6.07) is 0. The van der Waals surface area contributed by atoms with Crippen molar-refractivity contribution in [3.63, 3.8) is 0 Å². The van der Waals surface area contributed by atoms with Crippen LogP contribution >= 0.6 is 19.6 Å². The van der Waals surface area contributed by atoms with Gasteiger partial charge in [-0.25, -0.2) is 4.57 Å². The van der Waals surface area contributed by atoms with Gasteiger partial charge in [0.1, 0.15) is 11.0 Å². The molecule has 1 aromatic heterocycles. The molecular weight excluding hydrogens is 359 g/mol. The molecule has 2 rings (SSSR count). The highest BCUT2D eigenvalue weighted by Gasteiger charge is 2.27. The van der Waals surface area contributed by atoms with E-state index in [4.69, 9.17) is 14.9 Å². The fraction of sp³-hybridized carbons (Fsp3) is 0.462. The molecule has 0 saturated carbocycles. The molecule has 1 aliphatic heterocycles. The second-order valence-electron chi connectivity index (χ2n) is 5.18. The summed E-state index contributed by atoms with van der Waals surface area (Å²) in [7, 11) is -4.65. The van der Waals surface area contributed by atoms with Crippen LogP contribution in [0.4, 0.5) is 0 Å². The molecule has 0 radical (unpaired) electrons. The van der Waals surface area contributed by atoms with Crippen molar-refractivity contribution in [1.29, 1.82) is 0 Å². The van der Waals surface area contributed by atoms with Gasteiger partial charge in [0.15, 0.2) is 0 Å². The Kier molecular flexibility index (Phi) is 6.00. The van der Waals surface area contributed by atoms with Crippen molar-refractivity contribution in [2.45, 2.75) is 31.7 Å². The van der Waals surface area contributed by atoms with Crippen LogP contribution in [-0.4, -0.2) is 47.7 Å². The van der Waals surface area contributed by atoms with Crippen molar-refractivity contribution in [1.82, 2.24) is 4.98 Å². The van der Waals surface area contributed by atoms with E-state index < -0.39 is 25.6 Å². The number of rotatable bonds is 6. The smallest absolute Gasteiger partial charge is 0.469 e. The lowest BCUT2D eigenvalue weighted by atomic mass is 10.1. The van der Waals surface area contributed by atoms with Crippen molar-refractivity contribution in [3.8, 4) is 5.75 Å². The molecule has 0 amide bonds. The number of hydrogen-bond donors (Lipinski definition) is 4. The topological polar surface area (TPSA) is 150 Å². The zero-order chi connectivity index (χ0) is 17.9. The third-order valence-electron chi connectivity index (χ3n) is 3.43. The minimum atomic E-state index is -4.65. The Morgan fingerprint density at radius 3 is 2.83 bits per heavy atom. The average molecular weight is 376 g/mol. The molecule has 0 spiro atoms. The van der Waals surface area contributed by atoms with E-state index in [1.165, 1.54) is 18.0 Å². The van der Waals surface area contributed by atoms with E-state index in [1.54, 1.807) is 6.92 Å². The van der Waals surface area contributed by atoms with Crippen LogP contribution in [0.1, 0.15) is 23.2 Å². The van der Waals surface area contributed by atoms with Gasteiger partial charge in [-0.1, -0.05) is 0 Å². The van der Waals surface area contributed by atoms with E-state index in [2.05, 4.69) is 14.5 Å². The number of carboxylic acid groups (broad SMARTS) is 1. The third-order valence-corrected chi connectivity index (χ3v) is 5.16. The van der Waals surface area contributed by atoms with Crippen molar-refractivity contribution in [3.05, 3.63) is 23.0 Å². The lowest BCUT2D eigenvalue weighted by Gasteiger charge is -2.12. The molecule has 1 aromatic rings. The quantitative estimate of drug-likeness (QED) is 0.538. The van der Waals surface area contributed by atoms with Gasteiger partial charge in [-0.3, -0.25) is 19.3 Å². The van der Waals surface area contributed by atoms with E-state index in [0.717, 1.165) is 0 Å². The summed E-state index contributed by atoms with van der Waals surface area (Å²) in [5, 5.41) is 18.6. The number of aromatic hydroxyl groups is 1. The number of hydrogen-bond acceptors (Lipinski definition) is 7. The van der Waals surface area contributed by atoms with E-state index in [0.29, 0.717) is 34.7 Å². The maximum Gasteiger partial charge on any atom is 0.469 e. The summed E-state index contributed by atoms with van der Waals surface area (Å²) in [5.41, 5.74) is 1.73. The molecule has 2 heterocycles. The number of pyridine rings is 1.